The van der Waals surface area contributed by atoms with Gasteiger partial charge >= 0.3 is 5.97 Å². The third kappa shape index (κ3) is 2.82. The molecule has 3 rings (SSSR count). The van der Waals surface area contributed by atoms with Crippen LogP contribution in [0.25, 0.3) is 10.9 Å². The number of aromatic nitrogens is 1. The van der Waals surface area contributed by atoms with E-state index in [1.54, 1.807) is 0 Å². The van der Waals surface area contributed by atoms with Crippen molar-refractivity contribution in [2.24, 2.45) is 0 Å². The van der Waals surface area contributed by atoms with Crippen molar-refractivity contribution in [1.29, 1.82) is 0 Å². The fourth-order valence-electron chi connectivity index (χ4n) is 3.69. The zero-order chi connectivity index (χ0) is 14.8. The monoisotopic (exact) mass is 285 g/mol. The van der Waals surface area contributed by atoms with E-state index in [0.717, 1.165) is 5.56 Å². The molecule has 3 nitrogen and oxygen atoms in total. The summed E-state index contributed by atoms with van der Waals surface area (Å²) in [5, 5.41) is 10.2. The molecule has 0 bridgehead atoms. The molecule has 1 N–H and O–H groups in total. The minimum atomic E-state index is -0.730. The largest absolute Gasteiger partial charge is 0.481 e. The Bertz CT molecular complexity index is 638. The van der Waals surface area contributed by atoms with Crippen LogP contribution in [0.15, 0.2) is 30.5 Å². The standard InChI is InChI=1S/C18H23NO2/c1-13(12-18(20)21)15-8-5-9-17-16(15)10-11-19(17)14-6-3-2-4-7-14/h5,8-11,13-14H,2-4,6-7,12H2,1H3,(H,20,21). The van der Waals surface area contributed by atoms with Crippen molar-refractivity contribution >= 4 is 16.9 Å². The molecule has 1 unspecified atom stereocenters. The summed E-state index contributed by atoms with van der Waals surface area (Å²) >= 11 is 0. The molecule has 1 aromatic heterocycles. The quantitative estimate of drug-likeness (QED) is 0.882. The first-order valence-electron chi connectivity index (χ1n) is 7.98. The Balaban J connectivity index is 1.97. The Hall–Kier alpha value is -1.77. The third-order valence-electron chi connectivity index (χ3n) is 4.78. The number of hydrogen-bond donors (Lipinski definition) is 1. The second-order valence-corrected chi connectivity index (χ2v) is 6.29. The van der Waals surface area contributed by atoms with Crippen LogP contribution in [-0.4, -0.2) is 15.6 Å². The maximum atomic E-state index is 11.0. The van der Waals surface area contributed by atoms with Gasteiger partial charge in [-0.05, 0) is 36.5 Å². The molecule has 1 aliphatic rings. The van der Waals surface area contributed by atoms with Gasteiger partial charge in [-0.1, -0.05) is 38.3 Å². The van der Waals surface area contributed by atoms with Crippen LogP contribution in [0.2, 0.25) is 0 Å². The van der Waals surface area contributed by atoms with Gasteiger partial charge in [0, 0.05) is 23.1 Å². The molecule has 2 aromatic rings. The summed E-state index contributed by atoms with van der Waals surface area (Å²) in [6.07, 6.45) is 8.90. The van der Waals surface area contributed by atoms with Gasteiger partial charge in [-0.25, -0.2) is 0 Å². The summed E-state index contributed by atoms with van der Waals surface area (Å²) in [4.78, 5) is 11.0. The first-order chi connectivity index (χ1) is 10.2. The summed E-state index contributed by atoms with van der Waals surface area (Å²) < 4.78 is 2.41. The Morgan fingerprint density at radius 2 is 2.05 bits per heavy atom. The van der Waals surface area contributed by atoms with E-state index in [2.05, 4.69) is 35.0 Å². The number of carboxylic acids is 1. The van der Waals surface area contributed by atoms with Gasteiger partial charge in [-0.2, -0.15) is 0 Å². The highest BCUT2D eigenvalue weighted by Crippen LogP contribution is 2.34. The molecule has 0 saturated heterocycles. The van der Waals surface area contributed by atoms with E-state index in [1.165, 1.54) is 43.0 Å². The number of aliphatic carboxylic acids is 1. The van der Waals surface area contributed by atoms with Gasteiger partial charge in [0.25, 0.3) is 0 Å². The minimum Gasteiger partial charge on any atom is -0.481 e. The second kappa shape index (κ2) is 5.92. The Kier molecular flexibility index (Phi) is 4.00. The fraction of sp³-hybridized carbons (Fsp3) is 0.500. The number of rotatable bonds is 4. The van der Waals surface area contributed by atoms with Gasteiger partial charge in [-0.3, -0.25) is 4.79 Å². The molecule has 3 heteroatoms. The van der Waals surface area contributed by atoms with Gasteiger partial charge in [0.2, 0.25) is 0 Å². The number of carboxylic acid groups (broad SMARTS) is 1. The predicted octanol–water partition coefficient (Wildman–Crippen LogP) is 4.72. The lowest BCUT2D eigenvalue weighted by atomic mass is 9.94. The number of hydrogen-bond acceptors (Lipinski definition) is 1. The van der Waals surface area contributed by atoms with E-state index >= 15 is 0 Å². The predicted molar refractivity (Wildman–Crippen MR) is 84.7 cm³/mol. The smallest absolute Gasteiger partial charge is 0.303 e. The average molecular weight is 285 g/mol. The lowest BCUT2D eigenvalue weighted by Crippen LogP contribution is -2.11. The molecule has 21 heavy (non-hydrogen) atoms. The van der Waals surface area contributed by atoms with Crippen LogP contribution in [0.1, 0.15) is 63.0 Å². The summed E-state index contributed by atoms with van der Waals surface area (Å²) in [7, 11) is 0. The van der Waals surface area contributed by atoms with Crippen LogP contribution in [0.5, 0.6) is 0 Å². The molecule has 0 radical (unpaired) electrons. The van der Waals surface area contributed by atoms with Crippen LogP contribution < -0.4 is 0 Å². The zero-order valence-electron chi connectivity index (χ0n) is 12.6. The highest BCUT2D eigenvalue weighted by molar-refractivity contribution is 5.85. The molecule has 1 fully saturated rings. The van der Waals surface area contributed by atoms with Crippen molar-refractivity contribution < 1.29 is 9.90 Å². The molecule has 0 spiro atoms. The van der Waals surface area contributed by atoms with E-state index in [1.807, 2.05) is 6.92 Å². The minimum absolute atomic E-state index is 0.0494. The Morgan fingerprint density at radius 3 is 2.76 bits per heavy atom. The zero-order valence-corrected chi connectivity index (χ0v) is 12.6. The molecule has 112 valence electrons. The lowest BCUT2D eigenvalue weighted by molar-refractivity contribution is -0.137. The number of nitrogens with zero attached hydrogens (tertiary/aromatic N) is 1. The van der Waals surface area contributed by atoms with E-state index in [9.17, 15) is 4.79 Å². The van der Waals surface area contributed by atoms with E-state index < -0.39 is 5.97 Å². The molecule has 0 amide bonds. The lowest BCUT2D eigenvalue weighted by Gasteiger charge is -2.24. The molecule has 1 atom stereocenters. The van der Waals surface area contributed by atoms with Crippen LogP contribution >= 0.6 is 0 Å². The first kappa shape index (κ1) is 14.2. The molecule has 1 aliphatic carbocycles. The van der Waals surface area contributed by atoms with Crippen LogP contribution in [0.4, 0.5) is 0 Å². The highest BCUT2D eigenvalue weighted by Gasteiger charge is 2.19. The summed E-state index contributed by atoms with van der Waals surface area (Å²) in [5.74, 6) is -0.681. The molecule has 1 saturated carbocycles. The SMILES string of the molecule is CC(CC(=O)O)c1cccc2c1ccn2C1CCCCC1. The summed E-state index contributed by atoms with van der Waals surface area (Å²) in [6.45, 7) is 2.00. The van der Waals surface area contributed by atoms with Gasteiger partial charge in [0.05, 0.1) is 6.42 Å². The summed E-state index contributed by atoms with van der Waals surface area (Å²) in [6, 6.07) is 9.08. The first-order valence-corrected chi connectivity index (χ1v) is 7.98. The van der Waals surface area contributed by atoms with Gasteiger partial charge in [0.15, 0.2) is 0 Å². The topological polar surface area (TPSA) is 42.2 Å². The van der Waals surface area contributed by atoms with Crippen molar-refractivity contribution in [2.45, 2.75) is 57.4 Å². The molecular formula is C18H23NO2. The second-order valence-electron chi connectivity index (χ2n) is 6.29. The van der Waals surface area contributed by atoms with Crippen LogP contribution in [0, 0.1) is 0 Å². The third-order valence-corrected chi connectivity index (χ3v) is 4.78. The van der Waals surface area contributed by atoms with E-state index in [0.29, 0.717) is 6.04 Å². The van der Waals surface area contributed by atoms with Gasteiger partial charge < -0.3 is 9.67 Å². The Morgan fingerprint density at radius 1 is 1.29 bits per heavy atom. The van der Waals surface area contributed by atoms with Crippen molar-refractivity contribution in [3.05, 3.63) is 36.0 Å². The van der Waals surface area contributed by atoms with E-state index in [4.69, 9.17) is 5.11 Å². The van der Waals surface area contributed by atoms with Gasteiger partial charge in [0.1, 0.15) is 0 Å². The number of benzene rings is 1. The number of carbonyl (C=O) groups is 1. The fourth-order valence-corrected chi connectivity index (χ4v) is 3.69. The average Bonchev–Trinajstić information content (AvgIpc) is 2.91. The molecule has 1 heterocycles. The van der Waals surface area contributed by atoms with Gasteiger partial charge in [-0.15, -0.1) is 0 Å². The van der Waals surface area contributed by atoms with Crippen molar-refractivity contribution in [1.82, 2.24) is 4.57 Å². The maximum absolute atomic E-state index is 11.0. The van der Waals surface area contributed by atoms with Crippen molar-refractivity contribution in [3.8, 4) is 0 Å². The van der Waals surface area contributed by atoms with Crippen LogP contribution in [0.3, 0.4) is 0 Å². The van der Waals surface area contributed by atoms with E-state index in [-0.39, 0.29) is 12.3 Å². The van der Waals surface area contributed by atoms with Crippen molar-refractivity contribution in [2.75, 3.05) is 0 Å². The maximum Gasteiger partial charge on any atom is 0.303 e. The highest BCUT2D eigenvalue weighted by atomic mass is 16.4. The van der Waals surface area contributed by atoms with Crippen LogP contribution in [-0.2, 0) is 4.79 Å². The van der Waals surface area contributed by atoms with Crippen molar-refractivity contribution in [3.63, 3.8) is 0 Å². The molecule has 1 aromatic carbocycles. The molecule has 0 aliphatic heterocycles. The normalized spacial score (nSPS) is 18.0. The number of fused-ring (bicyclic) bond motifs is 1. The molecular weight excluding hydrogens is 262 g/mol. The summed E-state index contributed by atoms with van der Waals surface area (Å²) in [5.41, 5.74) is 2.42. The Labute approximate surface area is 125 Å².